The number of ketones is 1. The van der Waals surface area contributed by atoms with Crippen molar-refractivity contribution in [3.63, 3.8) is 0 Å². The van der Waals surface area contributed by atoms with Crippen LogP contribution < -0.4 is 0 Å². The molecule has 4 nitrogen and oxygen atoms in total. The first-order valence-corrected chi connectivity index (χ1v) is 11.3. The number of alkyl halides is 3. The largest absolute Gasteiger partial charge is 0.417 e. The van der Waals surface area contributed by atoms with Gasteiger partial charge in [0.05, 0.1) is 16.0 Å². The topological polar surface area (TPSA) is 54.2 Å². The molecule has 2 aliphatic rings. The summed E-state index contributed by atoms with van der Waals surface area (Å²) in [5.74, 6) is -0.0904. The minimum absolute atomic E-state index is 0.0904. The Morgan fingerprint density at radius 1 is 1.13 bits per heavy atom. The van der Waals surface area contributed by atoms with Gasteiger partial charge in [0.2, 0.25) is 10.0 Å². The molecule has 1 unspecified atom stereocenters. The van der Waals surface area contributed by atoms with E-state index in [4.69, 9.17) is 0 Å². The van der Waals surface area contributed by atoms with E-state index in [2.05, 4.69) is 0 Å². The number of sulfonamides is 1. The molecule has 0 radical (unpaired) electrons. The first kappa shape index (κ1) is 22.7. The van der Waals surface area contributed by atoms with E-state index in [1.807, 2.05) is 13.8 Å². The second-order valence-electron chi connectivity index (χ2n) is 8.98. The van der Waals surface area contributed by atoms with Crippen molar-refractivity contribution in [2.75, 3.05) is 0 Å². The Bertz CT molecular complexity index is 1020. The second kappa shape index (κ2) is 7.34. The average molecular weight is 442 g/mol. The Kier molecular flexibility index (Phi) is 5.56. The lowest BCUT2D eigenvalue weighted by Gasteiger charge is -2.20. The van der Waals surface area contributed by atoms with Gasteiger partial charge in [-0.1, -0.05) is 38.1 Å². The highest BCUT2D eigenvalue weighted by molar-refractivity contribution is 7.89. The summed E-state index contributed by atoms with van der Waals surface area (Å²) in [7, 11) is -4.36. The Hall–Kier alpha value is -1.93. The molecule has 1 aliphatic carbocycles. The van der Waals surface area contributed by atoms with Crippen molar-refractivity contribution in [1.29, 1.82) is 0 Å². The van der Waals surface area contributed by atoms with Gasteiger partial charge in [-0.2, -0.15) is 17.5 Å². The van der Waals surface area contributed by atoms with E-state index in [0.29, 0.717) is 24.8 Å². The molecule has 3 rings (SSSR count). The highest BCUT2D eigenvalue weighted by Gasteiger charge is 2.65. The van der Waals surface area contributed by atoms with Crippen LogP contribution in [0.1, 0.15) is 52.5 Å². The number of benzene rings is 1. The van der Waals surface area contributed by atoms with E-state index >= 15 is 0 Å². The molecule has 1 fully saturated rings. The predicted octanol–water partition coefficient (Wildman–Crippen LogP) is 5.12. The summed E-state index contributed by atoms with van der Waals surface area (Å²) in [5, 5.41) is 0. The molecule has 8 heteroatoms. The zero-order valence-electron chi connectivity index (χ0n) is 17.5. The molecular weight excluding hydrogens is 415 g/mol. The second-order valence-corrected chi connectivity index (χ2v) is 10.8. The quantitative estimate of drug-likeness (QED) is 0.599. The Balaban J connectivity index is 2.05. The maximum absolute atomic E-state index is 13.5. The molecular formula is C22H26F3NO3S. The number of nitrogens with zero attached hydrogens (tertiary/aromatic N) is 1. The van der Waals surface area contributed by atoms with Gasteiger partial charge in [-0.05, 0) is 62.3 Å². The summed E-state index contributed by atoms with van der Waals surface area (Å²) in [5.41, 5.74) is -1.89. The third kappa shape index (κ3) is 4.12. The average Bonchev–Trinajstić information content (AvgIpc) is 3.21. The Morgan fingerprint density at radius 2 is 1.77 bits per heavy atom. The van der Waals surface area contributed by atoms with Crippen molar-refractivity contribution in [3.8, 4) is 0 Å². The summed E-state index contributed by atoms with van der Waals surface area (Å²) in [6.07, 6.45) is 1.53. The van der Waals surface area contributed by atoms with E-state index in [1.165, 1.54) is 22.5 Å². The van der Waals surface area contributed by atoms with Crippen LogP contribution in [0.25, 0.3) is 0 Å². The molecule has 30 heavy (non-hydrogen) atoms. The van der Waals surface area contributed by atoms with Gasteiger partial charge in [0.15, 0.2) is 5.78 Å². The first-order chi connectivity index (χ1) is 13.7. The molecule has 1 aliphatic heterocycles. The van der Waals surface area contributed by atoms with Gasteiger partial charge in [0.1, 0.15) is 0 Å². The zero-order valence-corrected chi connectivity index (χ0v) is 18.3. The molecule has 0 amide bonds. The van der Waals surface area contributed by atoms with Gasteiger partial charge >= 0.3 is 6.18 Å². The first-order valence-electron chi connectivity index (χ1n) is 9.81. The van der Waals surface area contributed by atoms with Crippen LogP contribution in [0.15, 0.2) is 53.0 Å². The molecule has 0 aromatic heterocycles. The molecule has 0 spiro atoms. The zero-order chi connectivity index (χ0) is 22.5. The molecule has 0 N–H and O–H groups in total. The number of allylic oxidation sites excluding steroid dienone is 4. The maximum Gasteiger partial charge on any atom is 0.417 e. The fourth-order valence-corrected chi connectivity index (χ4v) is 6.48. The van der Waals surface area contributed by atoms with Crippen molar-refractivity contribution in [2.45, 2.75) is 69.6 Å². The fourth-order valence-electron chi connectivity index (χ4n) is 4.20. The van der Waals surface area contributed by atoms with Crippen LogP contribution in [0.5, 0.6) is 0 Å². The van der Waals surface area contributed by atoms with Crippen LogP contribution in [0.4, 0.5) is 13.2 Å². The third-order valence-electron chi connectivity index (χ3n) is 6.06. The van der Waals surface area contributed by atoms with Crippen LogP contribution in [-0.4, -0.2) is 30.1 Å². The summed E-state index contributed by atoms with van der Waals surface area (Å²) < 4.78 is 68.4. The maximum atomic E-state index is 13.5. The van der Waals surface area contributed by atoms with Crippen LogP contribution >= 0.6 is 0 Å². The third-order valence-corrected chi connectivity index (χ3v) is 8.16. The van der Waals surface area contributed by atoms with E-state index in [9.17, 15) is 26.4 Å². The van der Waals surface area contributed by atoms with Gasteiger partial charge < -0.3 is 0 Å². The van der Waals surface area contributed by atoms with Crippen LogP contribution in [0, 0.1) is 5.41 Å². The standard InChI is InChI=1S/C22H26F3NO3S/c1-15-8-7-12-21(4)19(14-20(2,3)13-11-17(15)27)26(21)30(28,29)18-10-6-5-9-16(18)22(23,24)25/h5-6,8-11,13,19H,7,12,14H2,1-4H3/b13-11+,15-8+/t19-,21+,26?/m1/s1. The van der Waals surface area contributed by atoms with Crippen molar-refractivity contribution in [3.05, 3.63) is 53.6 Å². The molecule has 0 saturated carbocycles. The Morgan fingerprint density at radius 3 is 2.40 bits per heavy atom. The van der Waals surface area contributed by atoms with Crippen molar-refractivity contribution in [2.24, 2.45) is 5.41 Å². The monoisotopic (exact) mass is 441 g/mol. The minimum atomic E-state index is -4.77. The minimum Gasteiger partial charge on any atom is -0.290 e. The number of rotatable bonds is 2. The van der Waals surface area contributed by atoms with Gasteiger partial charge in [-0.15, -0.1) is 0 Å². The number of carbonyl (C=O) groups excluding carboxylic acids is 1. The molecule has 1 aromatic carbocycles. The molecule has 1 heterocycles. The van der Waals surface area contributed by atoms with Crippen LogP contribution in [0.2, 0.25) is 0 Å². The number of hydrogen-bond donors (Lipinski definition) is 0. The van der Waals surface area contributed by atoms with E-state index in [0.717, 1.165) is 12.1 Å². The van der Waals surface area contributed by atoms with Gasteiger partial charge in [0.25, 0.3) is 0 Å². The van der Waals surface area contributed by atoms with Crippen molar-refractivity contribution >= 4 is 15.8 Å². The molecule has 3 atom stereocenters. The lowest BCUT2D eigenvalue weighted by molar-refractivity contribution is -0.139. The van der Waals surface area contributed by atoms with Gasteiger partial charge in [-0.25, -0.2) is 8.42 Å². The number of fused-ring (bicyclic) bond motifs is 1. The molecule has 0 bridgehead atoms. The number of carbonyl (C=O) groups is 1. The van der Waals surface area contributed by atoms with Gasteiger partial charge in [0, 0.05) is 6.04 Å². The van der Waals surface area contributed by atoms with Crippen LogP contribution in [-0.2, 0) is 21.0 Å². The van der Waals surface area contributed by atoms with E-state index < -0.39 is 43.7 Å². The SMILES string of the molecule is C/C1=C\CC[C@@]2(C)[C@@H](CC(C)(C)/C=C/C1=O)N2S(=O)(=O)c1ccccc1C(F)(F)F. The van der Waals surface area contributed by atoms with Crippen LogP contribution in [0.3, 0.4) is 0 Å². The summed E-state index contributed by atoms with van der Waals surface area (Å²) in [6, 6.07) is 3.85. The van der Waals surface area contributed by atoms with E-state index in [-0.39, 0.29) is 5.78 Å². The predicted molar refractivity (Wildman–Crippen MR) is 108 cm³/mol. The lowest BCUT2D eigenvalue weighted by atomic mass is 9.84. The molecule has 164 valence electrons. The Labute approximate surface area is 175 Å². The highest BCUT2D eigenvalue weighted by atomic mass is 32.2. The smallest absolute Gasteiger partial charge is 0.290 e. The summed E-state index contributed by atoms with van der Waals surface area (Å²) in [6.45, 7) is 7.26. The summed E-state index contributed by atoms with van der Waals surface area (Å²) >= 11 is 0. The number of hydrogen-bond acceptors (Lipinski definition) is 3. The highest BCUT2D eigenvalue weighted by Crippen LogP contribution is 2.54. The van der Waals surface area contributed by atoms with Crippen molar-refractivity contribution in [1.82, 2.24) is 4.31 Å². The summed E-state index contributed by atoms with van der Waals surface area (Å²) in [4.78, 5) is 11.5. The van der Waals surface area contributed by atoms with Gasteiger partial charge in [-0.3, -0.25) is 4.79 Å². The van der Waals surface area contributed by atoms with Crippen molar-refractivity contribution < 1.29 is 26.4 Å². The lowest BCUT2D eigenvalue weighted by Crippen LogP contribution is -2.24. The molecule has 1 saturated heterocycles. The number of halogens is 3. The molecule has 1 aromatic rings. The normalized spacial score (nSPS) is 32.4. The fraction of sp³-hybridized carbons (Fsp3) is 0.500. The van der Waals surface area contributed by atoms with E-state index in [1.54, 1.807) is 26.0 Å².